The molecular weight excluding hydrogens is 480 g/mol. The van der Waals surface area contributed by atoms with Crippen LogP contribution in [-0.4, -0.2) is 39.4 Å². The molecule has 0 spiro atoms. The van der Waals surface area contributed by atoms with E-state index in [1.54, 1.807) is 6.07 Å². The molecule has 8 heteroatoms. The standard InChI is InChI=1S/C30H46N4O4/c1-7-8-12-20(18-25(35)38-30(4,5)6)29(37)34-26(19(2)3)27-32-23-16-15-21(17-24(23)33-27)28(36)31-22-13-10-9-11-14-22/h15-17,19-20,22,26H,7-14,18H2,1-6H3,(H,31,36)(H,32,33)(H,34,37)/t20-,26+/m1/s1. The first-order valence-electron chi connectivity index (χ1n) is 14.3. The van der Waals surface area contributed by atoms with E-state index in [9.17, 15) is 14.4 Å². The Morgan fingerprint density at radius 1 is 1.13 bits per heavy atom. The largest absolute Gasteiger partial charge is 0.460 e. The van der Waals surface area contributed by atoms with E-state index >= 15 is 0 Å². The fraction of sp³-hybridized carbons (Fsp3) is 0.667. The van der Waals surface area contributed by atoms with E-state index < -0.39 is 11.5 Å². The van der Waals surface area contributed by atoms with Gasteiger partial charge in [0.1, 0.15) is 11.4 Å². The number of H-pyrrole nitrogens is 1. The summed E-state index contributed by atoms with van der Waals surface area (Å²) >= 11 is 0. The minimum atomic E-state index is -0.593. The van der Waals surface area contributed by atoms with Crippen LogP contribution >= 0.6 is 0 Å². The number of benzene rings is 1. The fourth-order valence-corrected chi connectivity index (χ4v) is 5.02. The third kappa shape index (κ3) is 8.57. The fourth-order valence-electron chi connectivity index (χ4n) is 5.02. The zero-order chi connectivity index (χ0) is 27.9. The van der Waals surface area contributed by atoms with Crippen molar-refractivity contribution < 1.29 is 19.1 Å². The van der Waals surface area contributed by atoms with E-state index in [0.29, 0.717) is 17.8 Å². The molecule has 0 radical (unpaired) electrons. The highest BCUT2D eigenvalue weighted by Gasteiger charge is 2.29. The summed E-state index contributed by atoms with van der Waals surface area (Å²) < 4.78 is 5.48. The number of carbonyl (C=O) groups is 3. The molecule has 1 heterocycles. The Balaban J connectivity index is 1.74. The predicted molar refractivity (Wildman–Crippen MR) is 150 cm³/mol. The Kier molecular flexibility index (Phi) is 10.3. The average molecular weight is 527 g/mol. The summed E-state index contributed by atoms with van der Waals surface area (Å²) in [6.07, 6.45) is 8.08. The van der Waals surface area contributed by atoms with Gasteiger partial charge in [0.2, 0.25) is 5.91 Å². The van der Waals surface area contributed by atoms with Gasteiger partial charge in [0, 0.05) is 17.5 Å². The Morgan fingerprint density at radius 2 is 1.84 bits per heavy atom. The van der Waals surface area contributed by atoms with Crippen LogP contribution in [0, 0.1) is 11.8 Å². The van der Waals surface area contributed by atoms with Crippen LogP contribution in [0.15, 0.2) is 18.2 Å². The van der Waals surface area contributed by atoms with Crippen LogP contribution in [0.3, 0.4) is 0 Å². The number of aromatic nitrogens is 2. The van der Waals surface area contributed by atoms with Crippen molar-refractivity contribution in [2.75, 3.05) is 0 Å². The maximum Gasteiger partial charge on any atom is 0.307 e. The van der Waals surface area contributed by atoms with Crippen molar-refractivity contribution in [1.29, 1.82) is 0 Å². The number of fused-ring (bicyclic) bond motifs is 1. The van der Waals surface area contributed by atoms with E-state index in [1.165, 1.54) is 6.42 Å². The number of hydrogen-bond donors (Lipinski definition) is 3. The number of nitrogens with one attached hydrogen (secondary N) is 3. The Labute approximate surface area is 227 Å². The molecule has 210 valence electrons. The number of unbranched alkanes of at least 4 members (excludes halogenated alkanes) is 1. The second-order valence-electron chi connectivity index (χ2n) is 12.0. The Hall–Kier alpha value is -2.90. The third-order valence-corrected chi connectivity index (χ3v) is 7.07. The molecule has 2 aromatic rings. The number of hydrogen-bond acceptors (Lipinski definition) is 5. The molecule has 3 rings (SSSR count). The normalized spacial score (nSPS) is 16.3. The molecule has 0 bridgehead atoms. The molecule has 1 aromatic heterocycles. The van der Waals surface area contributed by atoms with Crippen LogP contribution in [0.2, 0.25) is 0 Å². The number of esters is 1. The molecular formula is C30H46N4O4. The lowest BCUT2D eigenvalue weighted by atomic mass is 9.95. The maximum absolute atomic E-state index is 13.4. The highest BCUT2D eigenvalue weighted by atomic mass is 16.6. The lowest BCUT2D eigenvalue weighted by Gasteiger charge is -2.25. The molecule has 0 aliphatic heterocycles. The van der Waals surface area contributed by atoms with Crippen LogP contribution in [0.4, 0.5) is 0 Å². The zero-order valence-electron chi connectivity index (χ0n) is 24.0. The number of carbonyl (C=O) groups excluding carboxylic acids is 3. The van der Waals surface area contributed by atoms with Gasteiger partial charge in [-0.25, -0.2) is 4.98 Å². The predicted octanol–water partition coefficient (Wildman–Crippen LogP) is 5.98. The lowest BCUT2D eigenvalue weighted by Crippen LogP contribution is -2.38. The summed E-state index contributed by atoms with van der Waals surface area (Å²) in [5, 5.41) is 6.31. The molecule has 1 fully saturated rings. The van der Waals surface area contributed by atoms with Gasteiger partial charge in [0.15, 0.2) is 0 Å². The zero-order valence-corrected chi connectivity index (χ0v) is 24.0. The van der Waals surface area contributed by atoms with Crippen LogP contribution in [0.25, 0.3) is 11.0 Å². The molecule has 2 amide bonds. The van der Waals surface area contributed by atoms with Crippen molar-refractivity contribution >= 4 is 28.8 Å². The van der Waals surface area contributed by atoms with Gasteiger partial charge in [-0.3, -0.25) is 14.4 Å². The number of rotatable bonds is 11. The molecule has 1 aliphatic carbocycles. The van der Waals surface area contributed by atoms with Gasteiger partial charge in [0.05, 0.1) is 23.5 Å². The van der Waals surface area contributed by atoms with Crippen molar-refractivity contribution in [1.82, 2.24) is 20.6 Å². The van der Waals surface area contributed by atoms with Gasteiger partial charge in [0.25, 0.3) is 5.91 Å². The minimum Gasteiger partial charge on any atom is -0.460 e. The first-order valence-corrected chi connectivity index (χ1v) is 14.3. The molecule has 2 atom stereocenters. The number of nitrogens with zero attached hydrogens (tertiary/aromatic N) is 1. The van der Waals surface area contributed by atoms with Gasteiger partial charge in [-0.2, -0.15) is 0 Å². The highest BCUT2D eigenvalue weighted by Crippen LogP contribution is 2.26. The topological polar surface area (TPSA) is 113 Å². The summed E-state index contributed by atoms with van der Waals surface area (Å²) in [4.78, 5) is 46.8. The van der Waals surface area contributed by atoms with Crippen LogP contribution in [-0.2, 0) is 14.3 Å². The molecule has 1 saturated carbocycles. The molecule has 0 unspecified atom stereocenters. The van der Waals surface area contributed by atoms with Crippen molar-refractivity contribution in [3.63, 3.8) is 0 Å². The van der Waals surface area contributed by atoms with Gasteiger partial charge >= 0.3 is 5.97 Å². The average Bonchev–Trinajstić information content (AvgIpc) is 3.27. The number of aromatic amines is 1. The molecule has 8 nitrogen and oxygen atoms in total. The number of imidazole rings is 1. The van der Waals surface area contributed by atoms with Crippen molar-refractivity contribution in [2.24, 2.45) is 11.8 Å². The highest BCUT2D eigenvalue weighted by molar-refractivity contribution is 5.97. The van der Waals surface area contributed by atoms with Gasteiger partial charge < -0.3 is 20.4 Å². The third-order valence-electron chi connectivity index (χ3n) is 7.07. The van der Waals surface area contributed by atoms with Crippen molar-refractivity contribution in [3.8, 4) is 0 Å². The monoisotopic (exact) mass is 526 g/mol. The van der Waals surface area contributed by atoms with Crippen LogP contribution < -0.4 is 10.6 Å². The summed E-state index contributed by atoms with van der Waals surface area (Å²) in [6.45, 7) is 11.6. The summed E-state index contributed by atoms with van der Waals surface area (Å²) in [5.41, 5.74) is 1.50. The molecule has 1 aliphatic rings. The quantitative estimate of drug-likeness (QED) is 0.312. The molecule has 3 N–H and O–H groups in total. The second-order valence-corrected chi connectivity index (χ2v) is 12.0. The van der Waals surface area contributed by atoms with Crippen molar-refractivity contribution in [3.05, 3.63) is 29.6 Å². The first-order chi connectivity index (χ1) is 18.0. The first kappa shape index (κ1) is 29.7. The molecule has 1 aromatic carbocycles. The Morgan fingerprint density at radius 3 is 2.47 bits per heavy atom. The summed E-state index contributed by atoms with van der Waals surface area (Å²) in [6, 6.07) is 5.35. The van der Waals surface area contributed by atoms with Gasteiger partial charge in [-0.15, -0.1) is 0 Å². The summed E-state index contributed by atoms with van der Waals surface area (Å²) in [7, 11) is 0. The second kappa shape index (κ2) is 13.3. The lowest BCUT2D eigenvalue weighted by molar-refractivity contribution is -0.157. The smallest absolute Gasteiger partial charge is 0.307 e. The summed E-state index contributed by atoms with van der Waals surface area (Å²) in [5.74, 6) is -0.370. The molecule has 0 saturated heterocycles. The van der Waals surface area contributed by atoms with E-state index in [2.05, 4.69) is 22.5 Å². The molecule has 38 heavy (non-hydrogen) atoms. The van der Waals surface area contributed by atoms with Crippen LogP contribution in [0.5, 0.6) is 0 Å². The Bertz CT molecular complexity index is 1100. The van der Waals surface area contributed by atoms with Gasteiger partial charge in [-0.05, 0) is 64.2 Å². The van der Waals surface area contributed by atoms with Crippen molar-refractivity contribution in [2.45, 2.75) is 117 Å². The van der Waals surface area contributed by atoms with E-state index in [1.807, 2.05) is 46.8 Å². The van der Waals surface area contributed by atoms with Gasteiger partial charge in [-0.1, -0.05) is 52.9 Å². The maximum atomic E-state index is 13.4. The van der Waals surface area contributed by atoms with Crippen LogP contribution in [0.1, 0.15) is 122 Å². The van der Waals surface area contributed by atoms with E-state index in [4.69, 9.17) is 9.72 Å². The van der Waals surface area contributed by atoms with E-state index in [-0.39, 0.29) is 42.2 Å². The number of amides is 2. The van der Waals surface area contributed by atoms with E-state index in [0.717, 1.165) is 49.6 Å². The minimum absolute atomic E-state index is 0.0491. The number of ether oxygens (including phenoxy) is 1. The SMILES string of the molecule is CCCC[C@H](CC(=O)OC(C)(C)C)C(=O)N[C@H](c1nc2ccc(C(=O)NC3CCCCC3)cc2[nH]1)C(C)C.